The van der Waals surface area contributed by atoms with E-state index in [-0.39, 0.29) is 29.2 Å². The summed E-state index contributed by atoms with van der Waals surface area (Å²) in [7, 11) is -3.78. The second-order valence-electron chi connectivity index (χ2n) is 8.72. The molecular formula is C24H31N5O6S. The summed E-state index contributed by atoms with van der Waals surface area (Å²) in [6.45, 7) is 5.09. The Balaban J connectivity index is 1.68. The van der Waals surface area contributed by atoms with Crippen LogP contribution in [0.15, 0.2) is 41.3 Å². The quantitative estimate of drug-likeness (QED) is 0.402. The zero-order valence-electron chi connectivity index (χ0n) is 20.2. The number of nitrogens with one attached hydrogen (secondary N) is 2. The molecule has 0 bridgehead atoms. The molecule has 0 aromatic heterocycles. The second kappa shape index (κ2) is 11.2. The topological polar surface area (TPSA) is 134 Å². The van der Waals surface area contributed by atoms with E-state index in [1.165, 1.54) is 28.6 Å². The highest BCUT2D eigenvalue weighted by molar-refractivity contribution is 7.89. The zero-order valence-corrected chi connectivity index (χ0v) is 21.1. The van der Waals surface area contributed by atoms with Crippen LogP contribution >= 0.6 is 0 Å². The van der Waals surface area contributed by atoms with Crippen LogP contribution in [-0.2, 0) is 14.8 Å². The Morgan fingerprint density at radius 2 is 1.75 bits per heavy atom. The maximum absolute atomic E-state index is 13.3. The van der Waals surface area contributed by atoms with Crippen molar-refractivity contribution in [2.45, 2.75) is 31.1 Å². The first-order valence-corrected chi connectivity index (χ1v) is 13.6. The summed E-state index contributed by atoms with van der Waals surface area (Å²) in [5.41, 5.74) is 1.31. The van der Waals surface area contributed by atoms with Gasteiger partial charge in [0.25, 0.3) is 11.6 Å². The lowest BCUT2D eigenvalue weighted by atomic mass is 10.1. The molecule has 0 spiro atoms. The Kier molecular flexibility index (Phi) is 8.07. The van der Waals surface area contributed by atoms with E-state index in [0.717, 1.165) is 38.0 Å². The summed E-state index contributed by atoms with van der Waals surface area (Å²) in [6, 6.07) is 9.01. The van der Waals surface area contributed by atoms with Gasteiger partial charge in [-0.3, -0.25) is 14.9 Å². The number of nitro groups is 1. The Hall–Kier alpha value is -3.22. The summed E-state index contributed by atoms with van der Waals surface area (Å²) in [6.07, 6.45) is 3.11. The van der Waals surface area contributed by atoms with Gasteiger partial charge in [-0.1, -0.05) is 0 Å². The van der Waals surface area contributed by atoms with Crippen molar-refractivity contribution in [2.24, 2.45) is 0 Å². The first kappa shape index (κ1) is 25.9. The van der Waals surface area contributed by atoms with Crippen LogP contribution in [0.5, 0.6) is 0 Å². The van der Waals surface area contributed by atoms with Gasteiger partial charge >= 0.3 is 0 Å². The smallest absolute Gasteiger partial charge is 0.293 e. The lowest BCUT2D eigenvalue weighted by molar-refractivity contribution is -0.384. The number of carbonyl (C=O) groups is 1. The molecule has 36 heavy (non-hydrogen) atoms. The number of sulfonamides is 1. The zero-order chi connectivity index (χ0) is 25.7. The molecule has 0 aliphatic carbocycles. The molecule has 2 aromatic carbocycles. The highest BCUT2D eigenvalue weighted by atomic mass is 32.2. The number of anilines is 3. The predicted octanol–water partition coefficient (Wildman–Crippen LogP) is 3.29. The molecule has 0 saturated carbocycles. The Bertz CT molecular complexity index is 1220. The molecule has 2 saturated heterocycles. The van der Waals surface area contributed by atoms with Gasteiger partial charge in [-0.05, 0) is 56.5 Å². The number of hydrogen-bond donors (Lipinski definition) is 2. The third-order valence-electron chi connectivity index (χ3n) is 6.34. The summed E-state index contributed by atoms with van der Waals surface area (Å²) in [4.78, 5) is 26.4. The van der Waals surface area contributed by atoms with Crippen molar-refractivity contribution in [3.8, 4) is 0 Å². The number of piperidine rings is 1. The maximum atomic E-state index is 13.3. The highest BCUT2D eigenvalue weighted by Gasteiger charge is 2.28. The van der Waals surface area contributed by atoms with Crippen molar-refractivity contribution < 1.29 is 22.9 Å². The minimum Gasteiger partial charge on any atom is -0.380 e. The molecule has 0 radical (unpaired) electrons. The number of hydrogen-bond acceptors (Lipinski definition) is 8. The van der Waals surface area contributed by atoms with Gasteiger partial charge in [-0.2, -0.15) is 4.31 Å². The van der Waals surface area contributed by atoms with Crippen molar-refractivity contribution >= 4 is 38.7 Å². The number of benzene rings is 2. The minimum atomic E-state index is -3.78. The van der Waals surface area contributed by atoms with E-state index in [4.69, 9.17) is 4.74 Å². The van der Waals surface area contributed by atoms with E-state index in [2.05, 4.69) is 15.5 Å². The van der Waals surface area contributed by atoms with E-state index >= 15 is 0 Å². The molecule has 0 atom stereocenters. The summed E-state index contributed by atoms with van der Waals surface area (Å²) in [5, 5.41) is 17.3. The van der Waals surface area contributed by atoms with E-state index in [9.17, 15) is 23.3 Å². The number of nitrogens with zero attached hydrogens (tertiary/aromatic N) is 3. The number of rotatable bonds is 8. The fourth-order valence-electron chi connectivity index (χ4n) is 4.48. The van der Waals surface area contributed by atoms with Gasteiger partial charge < -0.3 is 20.3 Å². The Morgan fingerprint density at radius 1 is 1.03 bits per heavy atom. The molecule has 11 nitrogen and oxygen atoms in total. The largest absolute Gasteiger partial charge is 0.380 e. The molecule has 1 amide bonds. The van der Waals surface area contributed by atoms with Crippen LogP contribution in [0.25, 0.3) is 0 Å². The molecule has 0 unspecified atom stereocenters. The lowest BCUT2D eigenvalue weighted by Gasteiger charge is -2.31. The van der Waals surface area contributed by atoms with Crippen molar-refractivity contribution in [1.29, 1.82) is 0 Å². The number of carbonyl (C=O) groups excluding carboxylic acids is 1. The highest BCUT2D eigenvalue weighted by Crippen LogP contribution is 2.33. The average molecular weight is 518 g/mol. The van der Waals surface area contributed by atoms with E-state index in [1.807, 2.05) is 6.92 Å². The fraction of sp³-hybridized carbons (Fsp3) is 0.458. The SMILES string of the molecule is CCNc1ccc(C(=O)Nc2cc(S(=O)(=O)N3CCOCC3)ccc2N2CCCCC2)cc1[N+](=O)[O-]. The van der Waals surface area contributed by atoms with Crippen LogP contribution < -0.4 is 15.5 Å². The average Bonchev–Trinajstić information content (AvgIpc) is 2.90. The van der Waals surface area contributed by atoms with Crippen molar-refractivity contribution in [3.63, 3.8) is 0 Å². The molecule has 2 aliphatic rings. The molecule has 2 fully saturated rings. The number of amides is 1. The van der Waals surface area contributed by atoms with Crippen LogP contribution in [0.4, 0.5) is 22.7 Å². The standard InChI is InChI=1S/C24H31N5O6S/c1-2-25-20-8-6-18(16-23(20)29(31)32)24(30)26-21-17-19(36(33,34)28-12-14-35-15-13-28)7-9-22(21)27-10-4-3-5-11-27/h6-9,16-17,25H,2-5,10-15H2,1H3,(H,26,30). The van der Waals surface area contributed by atoms with Crippen LogP contribution in [0.1, 0.15) is 36.5 Å². The van der Waals surface area contributed by atoms with E-state index < -0.39 is 20.9 Å². The van der Waals surface area contributed by atoms with E-state index in [0.29, 0.717) is 31.1 Å². The molecular weight excluding hydrogens is 486 g/mol. The van der Waals surface area contributed by atoms with Gasteiger partial charge in [0.2, 0.25) is 10.0 Å². The van der Waals surface area contributed by atoms with Crippen LogP contribution in [0, 0.1) is 10.1 Å². The molecule has 12 heteroatoms. The Labute approximate surface area is 210 Å². The van der Waals surface area contributed by atoms with Gasteiger partial charge in [0.15, 0.2) is 0 Å². The number of nitro benzene ring substituents is 1. The normalized spacial score (nSPS) is 17.0. The van der Waals surface area contributed by atoms with Crippen LogP contribution in [0.2, 0.25) is 0 Å². The predicted molar refractivity (Wildman–Crippen MR) is 137 cm³/mol. The van der Waals surface area contributed by atoms with Gasteiger partial charge in [0, 0.05) is 44.4 Å². The monoisotopic (exact) mass is 517 g/mol. The van der Waals surface area contributed by atoms with E-state index in [1.54, 1.807) is 12.1 Å². The molecule has 2 heterocycles. The van der Waals surface area contributed by atoms with Gasteiger partial charge in [0.1, 0.15) is 5.69 Å². The minimum absolute atomic E-state index is 0.0777. The third kappa shape index (κ3) is 5.61. The van der Waals surface area contributed by atoms with Crippen molar-refractivity contribution in [1.82, 2.24) is 4.31 Å². The fourth-order valence-corrected chi connectivity index (χ4v) is 5.92. The van der Waals surface area contributed by atoms with Gasteiger partial charge in [0.05, 0.1) is 34.4 Å². The van der Waals surface area contributed by atoms with Gasteiger partial charge in [-0.25, -0.2) is 8.42 Å². The summed E-state index contributed by atoms with van der Waals surface area (Å²) < 4.78 is 33.2. The van der Waals surface area contributed by atoms with Gasteiger partial charge in [-0.15, -0.1) is 0 Å². The van der Waals surface area contributed by atoms with Crippen molar-refractivity contribution in [2.75, 3.05) is 61.5 Å². The molecule has 4 rings (SSSR count). The summed E-state index contributed by atoms with van der Waals surface area (Å²) in [5.74, 6) is -0.555. The first-order chi connectivity index (χ1) is 17.3. The van der Waals surface area contributed by atoms with Crippen molar-refractivity contribution in [3.05, 3.63) is 52.1 Å². The molecule has 2 N–H and O–H groups in total. The second-order valence-corrected chi connectivity index (χ2v) is 10.7. The number of morpholine rings is 1. The summed E-state index contributed by atoms with van der Waals surface area (Å²) >= 11 is 0. The third-order valence-corrected chi connectivity index (χ3v) is 8.24. The molecule has 2 aromatic rings. The lowest BCUT2D eigenvalue weighted by Crippen LogP contribution is -2.40. The molecule has 2 aliphatic heterocycles. The van der Waals surface area contributed by atoms with Crippen LogP contribution in [-0.4, -0.2) is 69.5 Å². The first-order valence-electron chi connectivity index (χ1n) is 12.1. The maximum Gasteiger partial charge on any atom is 0.293 e. The van der Waals surface area contributed by atoms with Crippen LogP contribution in [0.3, 0.4) is 0 Å². The molecule has 194 valence electrons. The number of ether oxygens (including phenoxy) is 1. The Morgan fingerprint density at radius 3 is 2.42 bits per heavy atom.